The molecule has 0 aromatic heterocycles. The van der Waals surface area contributed by atoms with E-state index in [0.717, 1.165) is 11.1 Å². The quantitative estimate of drug-likeness (QED) is 0.279. The lowest BCUT2D eigenvalue weighted by Crippen LogP contribution is -2.59. The van der Waals surface area contributed by atoms with Crippen LogP contribution in [0, 0.1) is 5.92 Å². The largest absolute Gasteiger partial charge is 0.368 e. The monoisotopic (exact) mass is 618 g/mol. The first-order valence-corrected chi connectivity index (χ1v) is 15.8. The zero-order chi connectivity index (χ0) is 32.6. The van der Waals surface area contributed by atoms with Crippen molar-refractivity contribution in [3.8, 4) is 0 Å². The third kappa shape index (κ3) is 8.27. The number of benzene rings is 2. The molecule has 242 valence electrons. The first-order chi connectivity index (χ1) is 21.5. The van der Waals surface area contributed by atoms with Crippen molar-refractivity contribution < 1.29 is 24.0 Å². The minimum atomic E-state index is -0.916. The zero-order valence-corrected chi connectivity index (χ0v) is 26.2. The van der Waals surface area contributed by atoms with Crippen LogP contribution in [0.4, 0.5) is 0 Å². The second kappa shape index (κ2) is 15.2. The van der Waals surface area contributed by atoms with E-state index in [9.17, 15) is 24.0 Å². The van der Waals surface area contributed by atoms with Crippen LogP contribution in [-0.4, -0.2) is 83.6 Å². The van der Waals surface area contributed by atoms with Gasteiger partial charge in [-0.2, -0.15) is 0 Å². The number of carbonyl (C=O) groups excluding carboxylic acids is 5. The maximum atomic E-state index is 14.6. The smallest absolute Gasteiger partial charge is 0.243 e. The molecule has 2 aliphatic heterocycles. The molecule has 2 heterocycles. The highest BCUT2D eigenvalue weighted by Gasteiger charge is 2.49. The molecule has 3 unspecified atom stereocenters. The summed E-state index contributed by atoms with van der Waals surface area (Å²) >= 11 is 0. The third-order valence-electron chi connectivity index (χ3n) is 8.87. The van der Waals surface area contributed by atoms with Gasteiger partial charge in [0.1, 0.15) is 12.1 Å². The second-order valence-corrected chi connectivity index (χ2v) is 12.6. The molecule has 4 rings (SSSR count). The van der Waals surface area contributed by atoms with E-state index in [2.05, 4.69) is 10.6 Å². The van der Waals surface area contributed by atoms with E-state index in [4.69, 9.17) is 11.5 Å². The van der Waals surface area contributed by atoms with Gasteiger partial charge in [0.15, 0.2) is 0 Å². The number of likely N-dealkylation sites (tertiary alicyclic amines) is 2. The third-order valence-corrected chi connectivity index (χ3v) is 8.87. The molecule has 0 spiro atoms. The normalized spacial score (nSPS) is 19.1. The number of hydrogen-bond acceptors (Lipinski definition) is 6. The summed E-state index contributed by atoms with van der Waals surface area (Å²) in [5, 5.41) is 5.33. The lowest BCUT2D eigenvalue weighted by atomic mass is 9.71. The number of primary amides is 1. The highest BCUT2D eigenvalue weighted by Crippen LogP contribution is 2.39. The number of amides is 5. The van der Waals surface area contributed by atoms with Gasteiger partial charge < -0.3 is 31.9 Å². The van der Waals surface area contributed by atoms with Crippen molar-refractivity contribution >= 4 is 29.5 Å². The molecule has 6 N–H and O–H groups in total. The fraction of sp³-hybridized carbons (Fsp3) is 0.500. The predicted octanol–water partition coefficient (Wildman–Crippen LogP) is 1.24. The van der Waals surface area contributed by atoms with Crippen LogP contribution < -0.4 is 22.1 Å². The summed E-state index contributed by atoms with van der Waals surface area (Å²) in [6.07, 6.45) is 2.71. The first kappa shape index (κ1) is 33.6. The van der Waals surface area contributed by atoms with Gasteiger partial charge in [0.25, 0.3) is 0 Å². The average Bonchev–Trinajstić information content (AvgIpc) is 3.53. The molecule has 2 fully saturated rings. The second-order valence-electron chi connectivity index (χ2n) is 12.6. The molecular formula is C34H46N6O5. The Hall–Kier alpha value is -4.25. The van der Waals surface area contributed by atoms with Gasteiger partial charge in [-0.3, -0.25) is 24.0 Å². The molecular weight excluding hydrogens is 572 g/mol. The topological polar surface area (TPSA) is 168 Å². The van der Waals surface area contributed by atoms with Crippen LogP contribution in [0.15, 0.2) is 60.7 Å². The summed E-state index contributed by atoms with van der Waals surface area (Å²) in [6.45, 7) is 4.68. The predicted molar refractivity (Wildman–Crippen MR) is 170 cm³/mol. The van der Waals surface area contributed by atoms with Gasteiger partial charge >= 0.3 is 0 Å². The maximum absolute atomic E-state index is 14.6. The summed E-state index contributed by atoms with van der Waals surface area (Å²) in [7, 11) is 0. The van der Waals surface area contributed by atoms with Gasteiger partial charge in [-0.05, 0) is 55.6 Å². The summed E-state index contributed by atoms with van der Waals surface area (Å²) in [4.78, 5) is 68.9. The molecule has 45 heavy (non-hydrogen) atoms. The standard InChI is InChI=1S/C34H46N6O5/c1-23(2)20-27(30(42)37-22-29(36)41)38-31(43)28-14-9-17-40(28)33(45)34(25-12-7-4-8-13-25)15-18-39(19-16-34)32(44)26(35)21-24-10-5-3-6-11-24/h3-8,10-13,23,26-28H,9,14-22,35H2,1-2H3,(H2,36,41)(H,37,42)(H,38,43). The number of nitrogens with two attached hydrogens (primary N) is 2. The Morgan fingerprint density at radius 1 is 0.933 bits per heavy atom. The molecule has 2 aliphatic rings. The summed E-state index contributed by atoms with van der Waals surface area (Å²) in [5.74, 6) is -1.77. The van der Waals surface area contributed by atoms with Crippen molar-refractivity contribution in [3.05, 3.63) is 71.8 Å². The van der Waals surface area contributed by atoms with Crippen molar-refractivity contribution in [1.29, 1.82) is 0 Å². The highest BCUT2D eigenvalue weighted by atomic mass is 16.2. The average molecular weight is 619 g/mol. The fourth-order valence-corrected chi connectivity index (χ4v) is 6.51. The molecule has 2 aromatic rings. The Morgan fingerprint density at radius 2 is 1.56 bits per heavy atom. The first-order valence-electron chi connectivity index (χ1n) is 15.8. The minimum absolute atomic E-state index is 0.0889. The SMILES string of the molecule is CC(C)CC(NC(=O)C1CCCN1C(=O)C1(c2ccccc2)CCN(C(=O)C(N)Cc2ccccc2)CC1)C(=O)NCC(N)=O. The van der Waals surface area contributed by atoms with Crippen molar-refractivity contribution in [1.82, 2.24) is 20.4 Å². The van der Waals surface area contributed by atoms with Gasteiger partial charge in [0.05, 0.1) is 18.0 Å². The minimum Gasteiger partial charge on any atom is -0.368 e. The lowest BCUT2D eigenvalue weighted by Gasteiger charge is -2.44. The number of piperidine rings is 1. The van der Waals surface area contributed by atoms with Crippen molar-refractivity contribution in [2.75, 3.05) is 26.2 Å². The van der Waals surface area contributed by atoms with Crippen LogP contribution in [0.5, 0.6) is 0 Å². The fourth-order valence-electron chi connectivity index (χ4n) is 6.51. The van der Waals surface area contributed by atoms with Gasteiger partial charge in [0.2, 0.25) is 29.5 Å². The molecule has 2 aromatic carbocycles. The summed E-state index contributed by atoms with van der Waals surface area (Å²) < 4.78 is 0. The Labute approximate surface area is 265 Å². The Bertz CT molecular complexity index is 1340. The number of nitrogens with one attached hydrogen (secondary N) is 2. The van der Waals surface area contributed by atoms with E-state index in [1.54, 1.807) is 9.80 Å². The molecule has 5 amide bonds. The van der Waals surface area contributed by atoms with Gasteiger partial charge in [-0.25, -0.2) is 0 Å². The Balaban J connectivity index is 1.50. The van der Waals surface area contributed by atoms with E-state index in [1.165, 1.54) is 0 Å². The zero-order valence-electron chi connectivity index (χ0n) is 26.2. The van der Waals surface area contributed by atoms with E-state index >= 15 is 0 Å². The van der Waals surface area contributed by atoms with E-state index < -0.39 is 41.3 Å². The van der Waals surface area contributed by atoms with E-state index in [-0.39, 0.29) is 24.3 Å². The van der Waals surface area contributed by atoms with Gasteiger partial charge in [0, 0.05) is 19.6 Å². The van der Waals surface area contributed by atoms with E-state index in [0.29, 0.717) is 58.2 Å². The molecule has 0 aliphatic carbocycles. The summed E-state index contributed by atoms with van der Waals surface area (Å²) in [5.41, 5.74) is 12.4. The van der Waals surface area contributed by atoms with Crippen LogP contribution in [0.1, 0.15) is 57.1 Å². The Kier molecular flexibility index (Phi) is 11.3. The van der Waals surface area contributed by atoms with Crippen LogP contribution in [0.25, 0.3) is 0 Å². The van der Waals surface area contributed by atoms with Crippen LogP contribution >= 0.6 is 0 Å². The molecule has 11 heteroatoms. The van der Waals surface area contributed by atoms with Crippen LogP contribution in [0.2, 0.25) is 0 Å². The summed E-state index contributed by atoms with van der Waals surface area (Å²) in [6, 6.07) is 16.9. The number of hydrogen-bond donors (Lipinski definition) is 4. The highest BCUT2D eigenvalue weighted by molar-refractivity contribution is 5.96. The van der Waals surface area contributed by atoms with Gasteiger partial charge in [-0.1, -0.05) is 74.5 Å². The molecule has 3 atom stereocenters. The maximum Gasteiger partial charge on any atom is 0.243 e. The van der Waals surface area contributed by atoms with Crippen molar-refractivity contribution in [2.24, 2.45) is 17.4 Å². The van der Waals surface area contributed by atoms with Gasteiger partial charge in [-0.15, -0.1) is 0 Å². The number of carbonyl (C=O) groups is 5. The van der Waals surface area contributed by atoms with Crippen LogP contribution in [0.3, 0.4) is 0 Å². The molecule has 0 radical (unpaired) electrons. The number of nitrogens with zero attached hydrogens (tertiary/aromatic N) is 2. The lowest BCUT2D eigenvalue weighted by molar-refractivity contribution is -0.147. The van der Waals surface area contributed by atoms with E-state index in [1.807, 2.05) is 74.5 Å². The molecule has 0 bridgehead atoms. The molecule has 2 saturated heterocycles. The van der Waals surface area contributed by atoms with Crippen molar-refractivity contribution in [2.45, 2.75) is 75.9 Å². The van der Waals surface area contributed by atoms with Crippen molar-refractivity contribution in [3.63, 3.8) is 0 Å². The van der Waals surface area contributed by atoms with Crippen LogP contribution in [-0.2, 0) is 35.8 Å². The number of rotatable bonds is 12. The molecule has 0 saturated carbocycles. The molecule has 11 nitrogen and oxygen atoms in total. The Morgan fingerprint density at radius 3 is 2.16 bits per heavy atom.